The van der Waals surface area contributed by atoms with Gasteiger partial charge in [0.25, 0.3) is 5.91 Å². The highest BCUT2D eigenvalue weighted by molar-refractivity contribution is 7.91. The molecular formula is C36H31N5O5S. The minimum atomic E-state index is -3.75. The first-order valence-electron chi connectivity index (χ1n) is 15.1. The van der Waals surface area contributed by atoms with E-state index < -0.39 is 21.8 Å². The molecule has 3 heterocycles. The molecule has 47 heavy (non-hydrogen) atoms. The van der Waals surface area contributed by atoms with Crippen LogP contribution in [0.5, 0.6) is 0 Å². The predicted molar refractivity (Wildman–Crippen MR) is 179 cm³/mol. The number of nitrogens with zero attached hydrogens (tertiary/aromatic N) is 4. The molecule has 4 aromatic carbocycles. The van der Waals surface area contributed by atoms with E-state index in [0.29, 0.717) is 34.4 Å². The van der Waals surface area contributed by atoms with Crippen molar-refractivity contribution in [3.8, 4) is 5.69 Å². The van der Waals surface area contributed by atoms with Crippen LogP contribution in [0.2, 0.25) is 0 Å². The average Bonchev–Trinajstić information content (AvgIpc) is 3.43. The van der Waals surface area contributed by atoms with Crippen molar-refractivity contribution in [2.75, 3.05) is 17.3 Å². The van der Waals surface area contributed by atoms with Crippen molar-refractivity contribution in [2.24, 2.45) is 4.99 Å². The predicted octanol–water partition coefficient (Wildman–Crippen LogP) is 6.52. The molecule has 10 nitrogen and oxygen atoms in total. The van der Waals surface area contributed by atoms with Gasteiger partial charge in [-0.25, -0.2) is 22.9 Å². The smallest absolute Gasteiger partial charge is 0.337 e. The number of esters is 1. The second kappa shape index (κ2) is 11.4. The van der Waals surface area contributed by atoms with E-state index in [2.05, 4.69) is 19.2 Å². The summed E-state index contributed by atoms with van der Waals surface area (Å²) in [6, 6.07) is 27.5. The van der Waals surface area contributed by atoms with Gasteiger partial charge in [0.1, 0.15) is 0 Å². The van der Waals surface area contributed by atoms with Gasteiger partial charge >= 0.3 is 5.97 Å². The highest BCUT2D eigenvalue weighted by atomic mass is 32.2. The number of fused-ring (bicyclic) bond motifs is 4. The van der Waals surface area contributed by atoms with Gasteiger partial charge in [0, 0.05) is 5.56 Å². The number of aliphatic imine (C=N–C) groups is 1. The first-order valence-corrected chi connectivity index (χ1v) is 16.6. The molecule has 0 radical (unpaired) electrons. The highest BCUT2D eigenvalue weighted by Crippen LogP contribution is 2.47. The van der Waals surface area contributed by atoms with Gasteiger partial charge in [0.05, 0.1) is 51.3 Å². The van der Waals surface area contributed by atoms with Gasteiger partial charge in [-0.1, -0.05) is 50.2 Å². The quantitative estimate of drug-likeness (QED) is 0.209. The van der Waals surface area contributed by atoms with Crippen molar-refractivity contribution < 1.29 is 22.7 Å². The molecule has 0 fully saturated rings. The maximum atomic E-state index is 13.5. The third-order valence-electron chi connectivity index (χ3n) is 8.56. The van der Waals surface area contributed by atoms with Gasteiger partial charge < -0.3 is 15.0 Å². The van der Waals surface area contributed by atoms with Gasteiger partial charge in [-0.05, 0) is 84.6 Å². The van der Waals surface area contributed by atoms with Gasteiger partial charge in [-0.2, -0.15) is 5.10 Å². The lowest BCUT2D eigenvalue weighted by molar-refractivity contribution is -0.110. The molecule has 1 amide bonds. The zero-order chi connectivity index (χ0) is 33.0. The number of ether oxygens (including phenoxy) is 1. The molecule has 11 heteroatoms. The summed E-state index contributed by atoms with van der Waals surface area (Å²) in [5.74, 6) is 0.0979. The minimum Gasteiger partial charge on any atom is -0.465 e. The maximum absolute atomic E-state index is 13.5. The Morgan fingerprint density at radius 3 is 2.17 bits per heavy atom. The van der Waals surface area contributed by atoms with Crippen molar-refractivity contribution in [3.05, 3.63) is 125 Å². The van der Waals surface area contributed by atoms with E-state index in [-0.39, 0.29) is 21.5 Å². The van der Waals surface area contributed by atoms with Gasteiger partial charge in [-0.3, -0.25) is 4.79 Å². The lowest BCUT2D eigenvalue weighted by atomic mass is 9.92. The lowest BCUT2D eigenvalue weighted by Gasteiger charge is -2.40. The van der Waals surface area contributed by atoms with Crippen molar-refractivity contribution in [1.82, 2.24) is 9.78 Å². The Hall–Kier alpha value is -5.55. The first-order chi connectivity index (χ1) is 22.6. The van der Waals surface area contributed by atoms with Crippen molar-refractivity contribution in [3.63, 3.8) is 0 Å². The summed E-state index contributed by atoms with van der Waals surface area (Å²) in [5.41, 5.74) is 5.71. The van der Waals surface area contributed by atoms with E-state index in [1.807, 2.05) is 60.4 Å². The molecule has 0 saturated carbocycles. The number of sulfone groups is 1. The second-order valence-electron chi connectivity index (χ2n) is 11.7. The van der Waals surface area contributed by atoms with E-state index in [1.54, 1.807) is 53.2 Å². The molecule has 1 aromatic heterocycles. The SMILES string of the molecule is COC(=O)c1ccc([C@@H]2c3c(C)nn(-c4ccc(S(=O)(=O)c5ccc(C(C)C)cc5)cc4)c3N=C3C(=O)Nc4ccccc4N32)cc1. The van der Waals surface area contributed by atoms with E-state index in [4.69, 9.17) is 14.8 Å². The molecule has 0 spiro atoms. The Balaban J connectivity index is 1.34. The van der Waals surface area contributed by atoms with E-state index in [0.717, 1.165) is 22.4 Å². The summed E-state index contributed by atoms with van der Waals surface area (Å²) in [5, 5.41) is 7.78. The molecule has 1 atom stereocenters. The van der Waals surface area contributed by atoms with Gasteiger partial charge in [0.2, 0.25) is 15.7 Å². The molecule has 2 aliphatic heterocycles. The largest absolute Gasteiger partial charge is 0.465 e. The molecule has 0 aliphatic carbocycles. The third-order valence-corrected chi connectivity index (χ3v) is 10.3. The Morgan fingerprint density at radius 2 is 1.53 bits per heavy atom. The number of amides is 1. The minimum absolute atomic E-state index is 0.153. The first kappa shape index (κ1) is 30.1. The van der Waals surface area contributed by atoms with Crippen LogP contribution in [0.15, 0.2) is 112 Å². The van der Waals surface area contributed by atoms with Gasteiger partial charge in [-0.15, -0.1) is 0 Å². The molecule has 0 unspecified atom stereocenters. The number of methoxy groups -OCH3 is 1. The van der Waals surface area contributed by atoms with Crippen LogP contribution >= 0.6 is 0 Å². The van der Waals surface area contributed by atoms with Crippen molar-refractivity contribution >= 4 is 44.7 Å². The van der Waals surface area contributed by atoms with Crippen LogP contribution in [0.4, 0.5) is 17.2 Å². The molecule has 236 valence electrons. The summed E-state index contributed by atoms with van der Waals surface area (Å²) in [6.07, 6.45) is 0. The number of para-hydroxylation sites is 2. The topological polar surface area (TPSA) is 123 Å². The number of rotatable bonds is 6. The second-order valence-corrected chi connectivity index (χ2v) is 13.7. The Kier molecular flexibility index (Phi) is 7.28. The number of anilines is 2. The van der Waals surface area contributed by atoms with E-state index in [1.165, 1.54) is 7.11 Å². The summed E-state index contributed by atoms with van der Waals surface area (Å²) in [6.45, 7) is 5.99. The standard InChI is InChI=1S/C36H31N5O5S/c1-21(2)23-13-17-27(18-14-23)47(44,45)28-19-15-26(16-20-28)41-33-31(22(3)39-41)32(24-9-11-25(12-10-24)36(43)46-4)40-30-8-6-5-7-29(30)37-35(42)34(40)38-33/h5-21,32H,1-4H3,(H,37,42)/t32-/m1/s1. The number of benzene rings is 4. The summed E-state index contributed by atoms with van der Waals surface area (Å²) in [7, 11) is -2.42. The molecule has 5 aromatic rings. The van der Waals surface area contributed by atoms with Gasteiger partial charge in [0.15, 0.2) is 5.82 Å². The van der Waals surface area contributed by atoms with Crippen LogP contribution in [-0.4, -0.2) is 43.0 Å². The fourth-order valence-electron chi connectivity index (χ4n) is 6.09. The number of carbonyl (C=O) groups is 2. The molecule has 0 bridgehead atoms. The van der Waals surface area contributed by atoms with Crippen molar-refractivity contribution in [2.45, 2.75) is 42.5 Å². The summed E-state index contributed by atoms with van der Waals surface area (Å²) < 4.78 is 33.4. The highest BCUT2D eigenvalue weighted by Gasteiger charge is 2.42. The number of hydrogen-bond acceptors (Lipinski definition) is 8. The summed E-state index contributed by atoms with van der Waals surface area (Å²) in [4.78, 5) is 32.8. The van der Waals surface area contributed by atoms with Crippen LogP contribution in [0.1, 0.15) is 58.5 Å². The zero-order valence-electron chi connectivity index (χ0n) is 26.1. The molecule has 1 N–H and O–H groups in total. The number of amidine groups is 1. The fourth-order valence-corrected chi connectivity index (χ4v) is 7.35. The van der Waals surface area contributed by atoms with Crippen molar-refractivity contribution in [1.29, 1.82) is 0 Å². The number of carbonyl (C=O) groups excluding carboxylic acids is 2. The summed E-state index contributed by atoms with van der Waals surface area (Å²) >= 11 is 0. The number of aryl methyl sites for hydroxylation is 1. The Labute approximate surface area is 272 Å². The molecule has 7 rings (SSSR count). The monoisotopic (exact) mass is 645 g/mol. The van der Waals surface area contributed by atoms with E-state index in [9.17, 15) is 18.0 Å². The Morgan fingerprint density at radius 1 is 0.894 bits per heavy atom. The van der Waals surface area contributed by atoms with Crippen LogP contribution in [0.3, 0.4) is 0 Å². The van der Waals surface area contributed by atoms with Crippen LogP contribution < -0.4 is 10.2 Å². The molecule has 0 saturated heterocycles. The number of hydrogen-bond donors (Lipinski definition) is 1. The Bertz CT molecular complexity index is 2190. The zero-order valence-corrected chi connectivity index (χ0v) is 26.9. The van der Waals surface area contributed by atoms with E-state index >= 15 is 0 Å². The average molecular weight is 646 g/mol. The number of nitrogens with one attached hydrogen (secondary N) is 1. The normalized spacial score (nSPS) is 15.3. The van der Waals surface area contributed by atoms with Crippen LogP contribution in [-0.2, 0) is 19.4 Å². The molecular weight excluding hydrogens is 614 g/mol. The van der Waals surface area contributed by atoms with Crippen LogP contribution in [0, 0.1) is 6.92 Å². The number of aromatic nitrogens is 2. The van der Waals surface area contributed by atoms with Crippen LogP contribution in [0.25, 0.3) is 5.69 Å². The lowest BCUT2D eigenvalue weighted by Crippen LogP contribution is -2.48. The molecule has 2 aliphatic rings. The third kappa shape index (κ3) is 4.99. The maximum Gasteiger partial charge on any atom is 0.337 e. The fraction of sp³-hybridized carbons (Fsp3) is 0.167.